The minimum absolute atomic E-state index is 0.280. The van der Waals surface area contributed by atoms with E-state index in [9.17, 15) is 4.79 Å². The van der Waals surface area contributed by atoms with Gasteiger partial charge < -0.3 is 9.47 Å². The van der Waals surface area contributed by atoms with Crippen LogP contribution in [0.1, 0.15) is 28.0 Å². The quantitative estimate of drug-likeness (QED) is 0.794. The summed E-state index contributed by atoms with van der Waals surface area (Å²) in [6.07, 6.45) is -0.799. The maximum atomic E-state index is 12.0. The van der Waals surface area contributed by atoms with E-state index in [1.54, 1.807) is 35.6 Å². The molecule has 2 aromatic rings. The Balaban J connectivity index is 2.09. The Labute approximate surface area is 126 Å². The first-order valence-electron chi connectivity index (χ1n) is 6.33. The molecule has 0 radical (unpaired) electrons. The lowest BCUT2D eigenvalue weighted by Crippen LogP contribution is -2.14. The molecule has 1 heterocycles. The van der Waals surface area contributed by atoms with Crippen LogP contribution < -0.4 is 4.74 Å². The number of rotatable bonds is 5. The molecule has 0 saturated carbocycles. The fourth-order valence-corrected chi connectivity index (χ4v) is 2.24. The average Bonchev–Trinajstić information content (AvgIpc) is 2.90. The van der Waals surface area contributed by atoms with Gasteiger partial charge in [0, 0.05) is 5.38 Å². The lowest BCUT2D eigenvalue weighted by molar-refractivity contribution is 0.0430. The molecule has 2 rings (SSSR count). The summed E-state index contributed by atoms with van der Waals surface area (Å²) in [6, 6.07) is 8.63. The minimum atomic E-state index is -0.799. The number of aromatic nitrogens is 1. The van der Waals surface area contributed by atoms with Gasteiger partial charge in [-0.05, 0) is 26.0 Å². The molecule has 0 unspecified atom stereocenters. The number of nitriles is 1. The molecular weight excluding hydrogens is 288 g/mol. The van der Waals surface area contributed by atoms with Gasteiger partial charge in [-0.3, -0.25) is 0 Å². The van der Waals surface area contributed by atoms with E-state index in [4.69, 9.17) is 14.7 Å². The van der Waals surface area contributed by atoms with Crippen molar-refractivity contribution in [2.45, 2.75) is 26.6 Å². The normalized spacial score (nSPS) is 11.5. The van der Waals surface area contributed by atoms with Gasteiger partial charge in [-0.25, -0.2) is 9.78 Å². The number of esters is 1. The van der Waals surface area contributed by atoms with Crippen LogP contribution in [-0.2, 0) is 11.3 Å². The molecular formula is C15H14N2O3S. The van der Waals surface area contributed by atoms with Crippen LogP contribution in [-0.4, -0.2) is 17.1 Å². The fraction of sp³-hybridized carbons (Fsp3) is 0.267. The van der Waals surface area contributed by atoms with Crippen molar-refractivity contribution in [3.63, 3.8) is 0 Å². The lowest BCUT2D eigenvalue weighted by Gasteiger charge is -2.11. The highest BCUT2D eigenvalue weighted by Gasteiger charge is 2.16. The highest BCUT2D eigenvalue weighted by Crippen LogP contribution is 2.21. The van der Waals surface area contributed by atoms with Crippen LogP contribution in [0.25, 0.3) is 0 Å². The Morgan fingerprint density at radius 3 is 2.90 bits per heavy atom. The van der Waals surface area contributed by atoms with Crippen LogP contribution in [0.2, 0.25) is 0 Å². The summed E-state index contributed by atoms with van der Waals surface area (Å²) in [4.78, 5) is 16.3. The first kappa shape index (κ1) is 15.0. The van der Waals surface area contributed by atoms with Gasteiger partial charge in [0.15, 0.2) is 6.10 Å². The van der Waals surface area contributed by atoms with Gasteiger partial charge in [-0.2, -0.15) is 5.26 Å². The Morgan fingerprint density at radius 2 is 2.24 bits per heavy atom. The molecule has 0 saturated heterocycles. The zero-order valence-corrected chi connectivity index (χ0v) is 12.5. The molecule has 1 atom stereocenters. The van der Waals surface area contributed by atoms with Crippen LogP contribution in [0, 0.1) is 18.3 Å². The fourth-order valence-electron chi connectivity index (χ4n) is 1.64. The second-order valence-electron chi connectivity index (χ2n) is 4.32. The summed E-state index contributed by atoms with van der Waals surface area (Å²) in [5.41, 5.74) is 1.11. The third-order valence-corrected chi connectivity index (χ3v) is 3.44. The zero-order chi connectivity index (χ0) is 15.2. The van der Waals surface area contributed by atoms with Gasteiger partial charge in [0.1, 0.15) is 24.0 Å². The third kappa shape index (κ3) is 4.04. The van der Waals surface area contributed by atoms with Crippen molar-refractivity contribution in [2.24, 2.45) is 0 Å². The maximum Gasteiger partial charge on any atom is 0.343 e. The molecule has 0 N–H and O–H groups in total. The summed E-state index contributed by atoms with van der Waals surface area (Å²) in [7, 11) is 0. The van der Waals surface area contributed by atoms with Gasteiger partial charge in [-0.1, -0.05) is 12.1 Å². The molecule has 0 aliphatic heterocycles. The summed E-state index contributed by atoms with van der Waals surface area (Å²) < 4.78 is 10.6. The van der Waals surface area contributed by atoms with E-state index < -0.39 is 12.1 Å². The van der Waals surface area contributed by atoms with Crippen molar-refractivity contribution >= 4 is 17.3 Å². The van der Waals surface area contributed by atoms with Crippen molar-refractivity contribution in [2.75, 3.05) is 0 Å². The molecule has 108 valence electrons. The smallest absolute Gasteiger partial charge is 0.343 e. The van der Waals surface area contributed by atoms with Crippen molar-refractivity contribution in [1.82, 2.24) is 4.98 Å². The first-order valence-corrected chi connectivity index (χ1v) is 7.21. The van der Waals surface area contributed by atoms with Gasteiger partial charge >= 0.3 is 5.97 Å². The van der Waals surface area contributed by atoms with Gasteiger partial charge in [0.2, 0.25) is 0 Å². The number of carbonyl (C=O) groups is 1. The summed E-state index contributed by atoms with van der Waals surface area (Å²) in [5.74, 6) is -0.160. The van der Waals surface area contributed by atoms with E-state index in [0.717, 1.165) is 10.7 Å². The summed E-state index contributed by atoms with van der Waals surface area (Å²) in [6.45, 7) is 3.71. The lowest BCUT2D eigenvalue weighted by atomic mass is 10.2. The SMILES string of the molecule is Cc1nc(COc2ccccc2C(=O)O[C@@H](C)C#N)cs1. The largest absolute Gasteiger partial charge is 0.486 e. The summed E-state index contributed by atoms with van der Waals surface area (Å²) in [5, 5.41) is 11.6. The molecule has 1 aromatic carbocycles. The molecule has 0 fully saturated rings. The molecule has 5 nitrogen and oxygen atoms in total. The Kier molecular flexibility index (Phi) is 4.90. The Morgan fingerprint density at radius 1 is 1.48 bits per heavy atom. The van der Waals surface area contributed by atoms with E-state index in [0.29, 0.717) is 11.3 Å². The van der Waals surface area contributed by atoms with Crippen LogP contribution in [0.4, 0.5) is 0 Å². The Hall–Kier alpha value is -2.39. The maximum absolute atomic E-state index is 12.0. The number of benzene rings is 1. The predicted octanol–water partition coefficient (Wildman–Crippen LogP) is 3.10. The average molecular weight is 302 g/mol. The highest BCUT2D eigenvalue weighted by molar-refractivity contribution is 7.09. The molecule has 0 aliphatic rings. The zero-order valence-electron chi connectivity index (χ0n) is 11.7. The van der Waals surface area contributed by atoms with Crippen LogP contribution in [0.15, 0.2) is 29.6 Å². The second kappa shape index (κ2) is 6.86. The number of hydrogen-bond acceptors (Lipinski definition) is 6. The summed E-state index contributed by atoms with van der Waals surface area (Å²) >= 11 is 1.54. The van der Waals surface area contributed by atoms with Crippen molar-refractivity contribution in [3.8, 4) is 11.8 Å². The van der Waals surface area contributed by atoms with E-state index in [-0.39, 0.29) is 6.61 Å². The van der Waals surface area contributed by atoms with E-state index in [1.807, 2.05) is 18.4 Å². The van der Waals surface area contributed by atoms with E-state index in [2.05, 4.69) is 4.98 Å². The molecule has 0 amide bonds. The standard InChI is InChI=1S/C15H14N2O3S/c1-10(7-16)20-15(18)13-5-3-4-6-14(13)19-8-12-9-21-11(2)17-12/h3-6,9-10H,8H2,1-2H3/t10-/m0/s1. The van der Waals surface area contributed by atoms with Crippen molar-refractivity contribution < 1.29 is 14.3 Å². The van der Waals surface area contributed by atoms with Gasteiger partial charge in [0.25, 0.3) is 0 Å². The predicted molar refractivity (Wildman–Crippen MR) is 78.1 cm³/mol. The van der Waals surface area contributed by atoms with Gasteiger partial charge in [-0.15, -0.1) is 11.3 Å². The van der Waals surface area contributed by atoms with Crippen molar-refractivity contribution in [3.05, 3.63) is 45.9 Å². The molecule has 0 spiro atoms. The number of aryl methyl sites for hydroxylation is 1. The number of hydrogen-bond donors (Lipinski definition) is 0. The number of nitrogens with zero attached hydrogens (tertiary/aromatic N) is 2. The van der Waals surface area contributed by atoms with Crippen molar-refractivity contribution in [1.29, 1.82) is 5.26 Å². The molecule has 0 aliphatic carbocycles. The van der Waals surface area contributed by atoms with Crippen LogP contribution in [0.5, 0.6) is 5.75 Å². The molecule has 1 aromatic heterocycles. The van der Waals surface area contributed by atoms with E-state index >= 15 is 0 Å². The minimum Gasteiger partial charge on any atom is -0.486 e. The molecule has 0 bridgehead atoms. The van der Waals surface area contributed by atoms with E-state index in [1.165, 1.54) is 6.92 Å². The molecule has 6 heteroatoms. The van der Waals surface area contributed by atoms with Gasteiger partial charge in [0.05, 0.1) is 10.7 Å². The highest BCUT2D eigenvalue weighted by atomic mass is 32.1. The monoisotopic (exact) mass is 302 g/mol. The number of carbonyl (C=O) groups excluding carboxylic acids is 1. The Bertz CT molecular complexity index is 676. The second-order valence-corrected chi connectivity index (χ2v) is 5.38. The number of thiazole rings is 1. The molecule has 21 heavy (non-hydrogen) atoms. The number of para-hydroxylation sites is 1. The van der Waals surface area contributed by atoms with Crippen LogP contribution >= 0.6 is 11.3 Å². The first-order chi connectivity index (χ1) is 10.1. The van der Waals surface area contributed by atoms with Crippen LogP contribution in [0.3, 0.4) is 0 Å². The number of ether oxygens (including phenoxy) is 2. The third-order valence-electron chi connectivity index (χ3n) is 2.61. The topological polar surface area (TPSA) is 72.2 Å².